The van der Waals surface area contributed by atoms with Crippen molar-refractivity contribution in [2.24, 2.45) is 18.9 Å². The smallest absolute Gasteiger partial charge is 0.408 e. The van der Waals surface area contributed by atoms with Crippen molar-refractivity contribution >= 4 is 41.6 Å². The second-order valence-electron chi connectivity index (χ2n) is 19.4. The molecule has 5 rings (SSSR count). The Morgan fingerprint density at radius 2 is 1.19 bits per heavy atom. The van der Waals surface area contributed by atoms with Crippen molar-refractivity contribution in [3.8, 4) is 0 Å². The summed E-state index contributed by atoms with van der Waals surface area (Å²) in [5.41, 5.74) is 0.621. The number of carbonyl (C=O) groups is 7. The SMILES string of the molecule is COC(=O)[C@H](C)NC(=O)[C@@H](NC(=O)[C@H](CC(=O)NC(c1ccccc1)(c1ccccc1)c1ccccc1)NC(=O)[C@H](CC(C)C)NC(=O)[C@H](Cc1cncn1C)NC(=O)OC(C)(C)C)C1CCCCC1. The lowest BCUT2D eigenvalue weighted by Gasteiger charge is -2.37. The predicted octanol–water partition coefficient (Wildman–Crippen LogP) is 5.11. The number of nitrogens with zero attached hydrogens (tertiary/aromatic N) is 2. The number of carbonyl (C=O) groups excluding carboxylic acids is 7. The fourth-order valence-corrected chi connectivity index (χ4v) is 8.79. The molecule has 3 aromatic carbocycles. The van der Waals surface area contributed by atoms with Crippen LogP contribution >= 0.6 is 0 Å². The summed E-state index contributed by atoms with van der Waals surface area (Å²) >= 11 is 0. The van der Waals surface area contributed by atoms with E-state index in [1.165, 1.54) is 14.0 Å². The summed E-state index contributed by atoms with van der Waals surface area (Å²) in [6, 6.07) is 21.9. The number of amides is 6. The molecule has 6 N–H and O–H groups in total. The van der Waals surface area contributed by atoms with E-state index in [2.05, 4.69) is 36.9 Å². The normalized spacial score (nSPS) is 15.2. The van der Waals surface area contributed by atoms with Gasteiger partial charge < -0.3 is 45.9 Å². The van der Waals surface area contributed by atoms with Crippen molar-refractivity contribution in [3.63, 3.8) is 0 Å². The first-order chi connectivity index (χ1) is 33.3. The second-order valence-corrected chi connectivity index (χ2v) is 19.4. The monoisotopic (exact) mass is 963 g/mol. The number of methoxy groups -OCH3 is 1. The summed E-state index contributed by atoms with van der Waals surface area (Å²) in [6.07, 6.45) is 5.53. The van der Waals surface area contributed by atoms with Crippen LogP contribution in [0.2, 0.25) is 0 Å². The molecule has 1 heterocycles. The summed E-state index contributed by atoms with van der Waals surface area (Å²) in [4.78, 5) is 103. The molecule has 376 valence electrons. The molecule has 70 heavy (non-hydrogen) atoms. The van der Waals surface area contributed by atoms with Crippen molar-refractivity contribution < 1.29 is 43.0 Å². The van der Waals surface area contributed by atoms with Gasteiger partial charge in [0, 0.05) is 25.4 Å². The van der Waals surface area contributed by atoms with Gasteiger partial charge in [-0.15, -0.1) is 0 Å². The lowest BCUT2D eigenvalue weighted by atomic mass is 9.77. The number of aryl methyl sites for hydroxylation is 1. The van der Waals surface area contributed by atoms with Crippen LogP contribution < -0.4 is 31.9 Å². The highest BCUT2D eigenvalue weighted by molar-refractivity contribution is 5.98. The number of ether oxygens (including phenoxy) is 2. The molecule has 1 aromatic heterocycles. The average Bonchev–Trinajstić information content (AvgIpc) is 3.74. The molecule has 0 spiro atoms. The Labute approximate surface area is 411 Å². The molecule has 0 bridgehead atoms. The maximum absolute atomic E-state index is 14.9. The number of nitrogens with one attached hydrogen (secondary N) is 6. The molecule has 0 radical (unpaired) electrons. The van der Waals surface area contributed by atoms with Crippen LogP contribution in [0.4, 0.5) is 4.79 Å². The number of hydrogen-bond donors (Lipinski definition) is 6. The van der Waals surface area contributed by atoms with Gasteiger partial charge in [-0.1, -0.05) is 124 Å². The van der Waals surface area contributed by atoms with Crippen LogP contribution in [0.15, 0.2) is 104 Å². The molecule has 4 aromatic rings. The van der Waals surface area contributed by atoms with Gasteiger partial charge >= 0.3 is 12.1 Å². The van der Waals surface area contributed by atoms with Crippen molar-refractivity contribution in [3.05, 3.63) is 126 Å². The fourth-order valence-electron chi connectivity index (χ4n) is 8.79. The second kappa shape index (κ2) is 25.0. The molecule has 0 unspecified atom stereocenters. The van der Waals surface area contributed by atoms with Gasteiger partial charge in [0.2, 0.25) is 29.5 Å². The van der Waals surface area contributed by atoms with Crippen molar-refractivity contribution in [2.45, 2.75) is 134 Å². The lowest BCUT2D eigenvalue weighted by molar-refractivity contribution is -0.145. The standard InChI is InChI=1S/C53H70N8O9/c1-34(2)29-41(56-47(64)42(30-40-32-54-33-61(40)7)58-51(68)70-52(4,5)6)46(63)57-43(48(65)59-45(36-21-13-9-14-22-36)49(66)55-35(3)50(67)69-8)31-44(62)60-53(37-23-15-10-16-24-37,38-25-17-11-18-26-38)39-27-19-12-20-28-39/h10-12,15-20,23-28,32-36,41-43,45H,9,13-14,21-22,29-31H2,1-8H3,(H,55,66)(H,56,64)(H,57,63)(H,58,68)(H,59,65)(H,60,62)/t35-,41-,42-,43-,45-/m0/s1. The van der Waals surface area contributed by atoms with Crippen LogP contribution in [-0.4, -0.2) is 94.1 Å². The molecule has 1 saturated carbocycles. The summed E-state index contributed by atoms with van der Waals surface area (Å²) < 4.78 is 12.0. The summed E-state index contributed by atoms with van der Waals surface area (Å²) in [6.45, 7) is 10.3. The number of alkyl carbamates (subject to hydrolysis) is 1. The van der Waals surface area contributed by atoms with E-state index in [9.17, 15) is 33.6 Å². The third-order valence-electron chi connectivity index (χ3n) is 12.3. The summed E-state index contributed by atoms with van der Waals surface area (Å²) in [5.74, 6) is -4.74. The molecule has 5 atom stereocenters. The van der Waals surface area contributed by atoms with Crippen LogP contribution in [0.1, 0.15) is 109 Å². The molecular weight excluding hydrogens is 893 g/mol. The highest BCUT2D eigenvalue weighted by atomic mass is 16.6. The first-order valence-electron chi connectivity index (χ1n) is 24.0. The van der Waals surface area contributed by atoms with Gasteiger partial charge in [-0.3, -0.25) is 24.0 Å². The van der Waals surface area contributed by atoms with Crippen LogP contribution in [-0.2, 0) is 57.2 Å². The molecule has 1 aliphatic rings. The third kappa shape index (κ3) is 15.0. The molecule has 6 amide bonds. The zero-order chi connectivity index (χ0) is 51.0. The highest BCUT2D eigenvalue weighted by Gasteiger charge is 2.41. The van der Waals surface area contributed by atoms with E-state index in [0.29, 0.717) is 18.5 Å². The van der Waals surface area contributed by atoms with Gasteiger partial charge in [0.1, 0.15) is 41.3 Å². The van der Waals surface area contributed by atoms with Crippen LogP contribution in [0, 0.1) is 11.8 Å². The van der Waals surface area contributed by atoms with Gasteiger partial charge in [0.15, 0.2) is 0 Å². The average molecular weight is 963 g/mol. The number of imidazole rings is 1. The number of benzene rings is 3. The van der Waals surface area contributed by atoms with Crippen LogP contribution in [0.3, 0.4) is 0 Å². The van der Waals surface area contributed by atoms with E-state index >= 15 is 0 Å². The van der Waals surface area contributed by atoms with E-state index in [1.807, 2.05) is 105 Å². The highest BCUT2D eigenvalue weighted by Crippen LogP contribution is 2.37. The minimum absolute atomic E-state index is 0.00595. The summed E-state index contributed by atoms with van der Waals surface area (Å²) in [5, 5.41) is 17.0. The van der Waals surface area contributed by atoms with Gasteiger partial charge in [-0.2, -0.15) is 0 Å². The van der Waals surface area contributed by atoms with E-state index in [1.54, 1.807) is 44.9 Å². The largest absolute Gasteiger partial charge is 0.467 e. The maximum atomic E-state index is 14.9. The van der Waals surface area contributed by atoms with Gasteiger partial charge in [0.05, 0.1) is 19.9 Å². The number of hydrogen-bond acceptors (Lipinski definition) is 10. The molecule has 17 heteroatoms. The molecular formula is C53H70N8O9. The van der Waals surface area contributed by atoms with Crippen LogP contribution in [0.5, 0.6) is 0 Å². The topological polar surface area (TPSA) is 228 Å². The van der Waals surface area contributed by atoms with E-state index < -0.39 is 89.4 Å². The molecule has 17 nitrogen and oxygen atoms in total. The minimum atomic E-state index is -1.60. The van der Waals surface area contributed by atoms with Gasteiger partial charge in [-0.05, 0) is 75.5 Å². The minimum Gasteiger partial charge on any atom is -0.467 e. The first kappa shape index (κ1) is 53.9. The Morgan fingerprint density at radius 1 is 0.671 bits per heavy atom. The van der Waals surface area contributed by atoms with Gasteiger partial charge in [-0.25, -0.2) is 14.6 Å². The Morgan fingerprint density at radius 3 is 1.67 bits per heavy atom. The predicted molar refractivity (Wildman–Crippen MR) is 263 cm³/mol. The zero-order valence-electron chi connectivity index (χ0n) is 41.6. The molecule has 1 fully saturated rings. The molecule has 1 aliphatic carbocycles. The van der Waals surface area contributed by atoms with E-state index in [0.717, 1.165) is 36.0 Å². The summed E-state index contributed by atoms with van der Waals surface area (Å²) in [7, 11) is 2.95. The van der Waals surface area contributed by atoms with E-state index in [4.69, 9.17) is 9.47 Å². The zero-order valence-corrected chi connectivity index (χ0v) is 41.6. The number of esters is 1. The number of rotatable bonds is 21. The Kier molecular flexibility index (Phi) is 19.3. The van der Waals surface area contributed by atoms with Crippen molar-refractivity contribution in [1.29, 1.82) is 0 Å². The Bertz CT molecular complexity index is 2280. The van der Waals surface area contributed by atoms with Crippen molar-refractivity contribution in [2.75, 3.05) is 7.11 Å². The fraction of sp³-hybridized carbons (Fsp3) is 0.472. The molecule has 0 saturated heterocycles. The lowest BCUT2D eigenvalue weighted by Crippen LogP contribution is -2.61. The Hall–Kier alpha value is -7.04. The van der Waals surface area contributed by atoms with Gasteiger partial charge in [0.25, 0.3) is 0 Å². The molecule has 0 aliphatic heterocycles. The number of aromatic nitrogens is 2. The third-order valence-corrected chi connectivity index (χ3v) is 12.3. The Balaban J connectivity index is 1.53. The van der Waals surface area contributed by atoms with E-state index in [-0.39, 0.29) is 24.7 Å². The maximum Gasteiger partial charge on any atom is 0.408 e. The first-order valence-corrected chi connectivity index (χ1v) is 24.0. The van der Waals surface area contributed by atoms with Crippen molar-refractivity contribution in [1.82, 2.24) is 41.5 Å². The van der Waals surface area contributed by atoms with Crippen LogP contribution in [0.25, 0.3) is 0 Å². The quantitative estimate of drug-likeness (QED) is 0.0478.